The summed E-state index contributed by atoms with van der Waals surface area (Å²) in [5.74, 6) is 1.24. The van der Waals surface area contributed by atoms with Gasteiger partial charge in [0.15, 0.2) is 0 Å². The van der Waals surface area contributed by atoms with Gasteiger partial charge in [0, 0.05) is 6.54 Å². The van der Waals surface area contributed by atoms with Gasteiger partial charge >= 0.3 is 6.18 Å². The van der Waals surface area contributed by atoms with Crippen molar-refractivity contribution in [2.24, 2.45) is 0 Å². The van der Waals surface area contributed by atoms with E-state index in [-0.39, 0.29) is 13.2 Å². The first-order valence-corrected chi connectivity index (χ1v) is 5.71. The number of halogens is 3. The number of methoxy groups -OCH3 is 1. The standard InChI is InChI=1S/C12H14F3NO3/c1-17-8-2-4-9(5-3-8)18-7-10-6-16-11(19-10)12(13,14)15/h2-5,10-11,16H,6-7H2,1H3/t10-,11+/m0/s1. The number of alkyl halides is 3. The highest BCUT2D eigenvalue weighted by Gasteiger charge is 2.45. The van der Waals surface area contributed by atoms with Crippen molar-refractivity contribution in [2.75, 3.05) is 20.3 Å². The number of benzene rings is 1. The summed E-state index contributed by atoms with van der Waals surface area (Å²) in [7, 11) is 1.55. The molecule has 0 bridgehead atoms. The summed E-state index contributed by atoms with van der Waals surface area (Å²) in [5, 5.41) is 2.25. The third kappa shape index (κ3) is 3.74. The second-order valence-electron chi connectivity index (χ2n) is 4.07. The molecular weight excluding hydrogens is 263 g/mol. The summed E-state index contributed by atoms with van der Waals surface area (Å²) in [6.07, 6.45) is -6.92. The van der Waals surface area contributed by atoms with Crippen molar-refractivity contribution in [3.05, 3.63) is 24.3 Å². The van der Waals surface area contributed by atoms with E-state index in [4.69, 9.17) is 14.2 Å². The van der Waals surface area contributed by atoms with E-state index in [0.29, 0.717) is 11.5 Å². The van der Waals surface area contributed by atoms with Gasteiger partial charge in [-0.1, -0.05) is 0 Å². The average molecular weight is 277 g/mol. The highest BCUT2D eigenvalue weighted by molar-refractivity contribution is 5.31. The number of nitrogens with one attached hydrogen (secondary N) is 1. The average Bonchev–Trinajstić information content (AvgIpc) is 2.86. The van der Waals surface area contributed by atoms with Crippen LogP contribution in [0.2, 0.25) is 0 Å². The van der Waals surface area contributed by atoms with Gasteiger partial charge in [-0.25, -0.2) is 0 Å². The maximum Gasteiger partial charge on any atom is 0.428 e. The van der Waals surface area contributed by atoms with Crippen molar-refractivity contribution in [2.45, 2.75) is 18.5 Å². The summed E-state index contributed by atoms with van der Waals surface area (Å²) in [6.45, 7) is 0.173. The van der Waals surface area contributed by atoms with Gasteiger partial charge in [0.1, 0.15) is 24.2 Å². The zero-order chi connectivity index (χ0) is 13.9. The molecule has 1 aliphatic heterocycles. The van der Waals surface area contributed by atoms with Crippen molar-refractivity contribution in [3.8, 4) is 11.5 Å². The topological polar surface area (TPSA) is 39.7 Å². The fourth-order valence-electron chi connectivity index (χ4n) is 1.68. The highest BCUT2D eigenvalue weighted by Crippen LogP contribution is 2.25. The molecule has 2 rings (SSSR count). The Balaban J connectivity index is 1.80. The van der Waals surface area contributed by atoms with Crippen molar-refractivity contribution >= 4 is 0 Å². The molecule has 1 aliphatic rings. The SMILES string of the molecule is COc1ccc(OC[C@@H]2CN[C@@H](C(F)(F)F)O2)cc1. The fourth-order valence-corrected chi connectivity index (χ4v) is 1.68. The Labute approximate surface area is 108 Å². The monoisotopic (exact) mass is 277 g/mol. The smallest absolute Gasteiger partial charge is 0.428 e. The molecule has 0 aromatic heterocycles. The molecule has 0 spiro atoms. The Morgan fingerprint density at radius 3 is 2.42 bits per heavy atom. The van der Waals surface area contributed by atoms with E-state index in [2.05, 4.69) is 5.32 Å². The Morgan fingerprint density at radius 1 is 1.26 bits per heavy atom. The number of hydrogen-bond donors (Lipinski definition) is 1. The molecule has 1 saturated heterocycles. The quantitative estimate of drug-likeness (QED) is 0.913. The molecule has 7 heteroatoms. The molecule has 106 valence electrons. The van der Waals surface area contributed by atoms with E-state index in [1.54, 1.807) is 31.4 Å². The van der Waals surface area contributed by atoms with Gasteiger partial charge in [0.2, 0.25) is 6.23 Å². The lowest BCUT2D eigenvalue weighted by atomic mass is 10.3. The molecule has 0 aliphatic carbocycles. The lowest BCUT2D eigenvalue weighted by Gasteiger charge is -2.16. The van der Waals surface area contributed by atoms with Crippen LogP contribution < -0.4 is 14.8 Å². The van der Waals surface area contributed by atoms with Gasteiger partial charge in [-0.2, -0.15) is 13.2 Å². The van der Waals surface area contributed by atoms with Gasteiger partial charge in [-0.15, -0.1) is 0 Å². The second-order valence-corrected chi connectivity index (χ2v) is 4.07. The minimum absolute atomic E-state index is 0.0614. The summed E-state index contributed by atoms with van der Waals surface area (Å²) < 4.78 is 52.2. The van der Waals surface area contributed by atoms with Crippen LogP contribution in [0.5, 0.6) is 11.5 Å². The molecule has 1 heterocycles. The maximum absolute atomic E-state index is 12.3. The Hall–Kier alpha value is -1.47. The number of ether oxygens (including phenoxy) is 3. The lowest BCUT2D eigenvalue weighted by molar-refractivity contribution is -0.221. The number of rotatable bonds is 4. The summed E-state index contributed by atoms with van der Waals surface area (Å²) >= 11 is 0. The van der Waals surface area contributed by atoms with Gasteiger partial charge in [-0.3, -0.25) is 5.32 Å². The van der Waals surface area contributed by atoms with Crippen LogP contribution >= 0.6 is 0 Å². The van der Waals surface area contributed by atoms with Crippen LogP contribution in [0.1, 0.15) is 0 Å². The summed E-state index contributed by atoms with van der Waals surface area (Å²) in [6, 6.07) is 6.79. The van der Waals surface area contributed by atoms with Crippen molar-refractivity contribution < 1.29 is 27.4 Å². The first-order chi connectivity index (χ1) is 8.99. The Morgan fingerprint density at radius 2 is 1.89 bits per heavy atom. The largest absolute Gasteiger partial charge is 0.497 e. The zero-order valence-electron chi connectivity index (χ0n) is 10.2. The number of hydrogen-bond acceptors (Lipinski definition) is 4. The van der Waals surface area contributed by atoms with Gasteiger partial charge < -0.3 is 14.2 Å². The van der Waals surface area contributed by atoms with Crippen LogP contribution in [-0.2, 0) is 4.74 Å². The molecule has 1 fully saturated rings. The molecule has 4 nitrogen and oxygen atoms in total. The third-order valence-electron chi connectivity index (χ3n) is 2.65. The van der Waals surface area contributed by atoms with Crippen molar-refractivity contribution in [3.63, 3.8) is 0 Å². The molecule has 19 heavy (non-hydrogen) atoms. The molecule has 0 saturated carbocycles. The molecule has 1 N–H and O–H groups in total. The molecule has 1 aromatic carbocycles. The van der Waals surface area contributed by atoms with E-state index in [0.717, 1.165) is 0 Å². The first-order valence-electron chi connectivity index (χ1n) is 5.71. The minimum Gasteiger partial charge on any atom is -0.497 e. The second kappa shape index (κ2) is 5.66. The molecule has 0 radical (unpaired) electrons. The molecule has 1 aromatic rings. The van der Waals surface area contributed by atoms with E-state index >= 15 is 0 Å². The predicted octanol–water partition coefficient (Wildman–Crippen LogP) is 1.95. The van der Waals surface area contributed by atoms with E-state index < -0.39 is 18.5 Å². The predicted molar refractivity (Wildman–Crippen MR) is 61.2 cm³/mol. The van der Waals surface area contributed by atoms with Gasteiger partial charge in [0.25, 0.3) is 0 Å². The van der Waals surface area contributed by atoms with Crippen LogP contribution in [0.15, 0.2) is 24.3 Å². The van der Waals surface area contributed by atoms with Crippen molar-refractivity contribution in [1.29, 1.82) is 0 Å². The van der Waals surface area contributed by atoms with Crippen LogP contribution in [0, 0.1) is 0 Å². The van der Waals surface area contributed by atoms with Crippen LogP contribution in [0.25, 0.3) is 0 Å². The molecule has 2 atom stereocenters. The Kier molecular flexibility index (Phi) is 4.16. The van der Waals surface area contributed by atoms with Crippen molar-refractivity contribution in [1.82, 2.24) is 5.32 Å². The summed E-state index contributed by atoms with van der Waals surface area (Å²) in [4.78, 5) is 0. The minimum atomic E-state index is -4.39. The van der Waals surface area contributed by atoms with E-state index in [1.807, 2.05) is 0 Å². The van der Waals surface area contributed by atoms with Gasteiger partial charge in [-0.05, 0) is 24.3 Å². The Bertz CT molecular complexity index is 408. The third-order valence-corrected chi connectivity index (χ3v) is 2.65. The normalized spacial score (nSPS) is 23.4. The fraction of sp³-hybridized carbons (Fsp3) is 0.500. The molecule has 0 unspecified atom stereocenters. The summed E-state index contributed by atoms with van der Waals surface area (Å²) in [5.41, 5.74) is 0. The van der Waals surface area contributed by atoms with Crippen LogP contribution in [0.3, 0.4) is 0 Å². The zero-order valence-corrected chi connectivity index (χ0v) is 10.2. The molecule has 0 amide bonds. The maximum atomic E-state index is 12.3. The molecular formula is C12H14F3NO3. The van der Waals surface area contributed by atoms with Crippen LogP contribution in [-0.4, -0.2) is 38.8 Å². The first kappa shape index (κ1) is 14.0. The van der Waals surface area contributed by atoms with Crippen LogP contribution in [0.4, 0.5) is 13.2 Å². The highest BCUT2D eigenvalue weighted by atomic mass is 19.4. The van der Waals surface area contributed by atoms with E-state index in [9.17, 15) is 13.2 Å². The van der Waals surface area contributed by atoms with Gasteiger partial charge in [0.05, 0.1) is 7.11 Å². The van der Waals surface area contributed by atoms with E-state index in [1.165, 1.54) is 0 Å². The lowest BCUT2D eigenvalue weighted by Crippen LogP contribution is -2.38.